The Kier molecular flexibility index (Phi) is 5.34. The topological polar surface area (TPSA) is 93.0 Å². The lowest BCUT2D eigenvalue weighted by Crippen LogP contribution is -2.54. The van der Waals surface area contributed by atoms with Crippen molar-refractivity contribution in [1.82, 2.24) is 24.4 Å². The van der Waals surface area contributed by atoms with Gasteiger partial charge in [0.05, 0.1) is 34.7 Å². The van der Waals surface area contributed by atoms with Crippen molar-refractivity contribution in [3.63, 3.8) is 0 Å². The van der Waals surface area contributed by atoms with E-state index in [0.717, 1.165) is 28.0 Å². The summed E-state index contributed by atoms with van der Waals surface area (Å²) in [6.45, 7) is 5.31. The van der Waals surface area contributed by atoms with E-state index in [-0.39, 0.29) is 17.7 Å². The fourth-order valence-corrected chi connectivity index (χ4v) is 3.94. The van der Waals surface area contributed by atoms with Crippen LogP contribution in [0, 0.1) is 19.8 Å². The molecule has 8 nitrogen and oxygen atoms in total. The number of anilines is 1. The third-order valence-corrected chi connectivity index (χ3v) is 5.98. The molecule has 0 saturated carbocycles. The molecule has 2 aromatic carbocycles. The summed E-state index contributed by atoms with van der Waals surface area (Å²) in [5, 5.41) is 2.95. The van der Waals surface area contributed by atoms with Gasteiger partial charge in [-0.2, -0.15) is 0 Å². The summed E-state index contributed by atoms with van der Waals surface area (Å²) in [5.41, 5.74) is 5.65. The normalized spacial score (nSPS) is 13.7. The second kappa shape index (κ2) is 8.46. The van der Waals surface area contributed by atoms with E-state index in [1.807, 2.05) is 67.1 Å². The molecule has 0 atom stereocenters. The Morgan fingerprint density at radius 2 is 1.82 bits per heavy atom. The largest absolute Gasteiger partial charge is 0.337 e. The number of nitrogens with zero attached hydrogens (tertiary/aromatic N) is 5. The average molecular weight is 441 g/mol. The summed E-state index contributed by atoms with van der Waals surface area (Å²) < 4.78 is 1.95. The predicted octanol–water partition coefficient (Wildman–Crippen LogP) is 3.20. The van der Waals surface area contributed by atoms with E-state index < -0.39 is 0 Å². The highest BCUT2D eigenvalue weighted by Crippen LogP contribution is 2.23. The van der Waals surface area contributed by atoms with E-state index >= 15 is 0 Å². The lowest BCUT2D eigenvalue weighted by molar-refractivity contribution is -0.123. The van der Waals surface area contributed by atoms with E-state index in [2.05, 4.69) is 20.3 Å². The first kappa shape index (κ1) is 20.8. The number of hydrogen-bond acceptors (Lipinski definition) is 5. The smallest absolute Gasteiger partial charge is 0.253 e. The fourth-order valence-electron chi connectivity index (χ4n) is 3.94. The quantitative estimate of drug-likeness (QED) is 0.514. The molecule has 0 unspecified atom stereocenters. The van der Waals surface area contributed by atoms with E-state index in [0.29, 0.717) is 30.9 Å². The van der Waals surface area contributed by atoms with Crippen LogP contribution in [0.15, 0.2) is 61.2 Å². The van der Waals surface area contributed by atoms with Gasteiger partial charge in [0.25, 0.3) is 5.91 Å². The van der Waals surface area contributed by atoms with Crippen LogP contribution in [0.3, 0.4) is 0 Å². The van der Waals surface area contributed by atoms with Crippen molar-refractivity contribution < 1.29 is 9.59 Å². The summed E-state index contributed by atoms with van der Waals surface area (Å²) in [5.74, 6) is -0.382. The van der Waals surface area contributed by atoms with Gasteiger partial charge >= 0.3 is 0 Å². The van der Waals surface area contributed by atoms with E-state index in [4.69, 9.17) is 0 Å². The molecule has 2 amide bonds. The van der Waals surface area contributed by atoms with Crippen molar-refractivity contribution in [3.8, 4) is 0 Å². The Hall–Kier alpha value is -4.07. The molecule has 0 spiro atoms. The summed E-state index contributed by atoms with van der Waals surface area (Å²) in [6.07, 6.45) is 5.36. The highest BCUT2D eigenvalue weighted by molar-refractivity contribution is 5.99. The number of rotatable bonds is 5. The van der Waals surface area contributed by atoms with E-state index in [9.17, 15) is 9.59 Å². The summed E-state index contributed by atoms with van der Waals surface area (Å²) in [6, 6.07) is 13.1. The van der Waals surface area contributed by atoms with Gasteiger partial charge in [0.1, 0.15) is 0 Å². The third kappa shape index (κ3) is 4.32. The maximum absolute atomic E-state index is 12.9. The van der Waals surface area contributed by atoms with Crippen LogP contribution in [0.4, 0.5) is 5.69 Å². The monoisotopic (exact) mass is 440 g/mol. The van der Waals surface area contributed by atoms with Crippen LogP contribution < -0.4 is 5.32 Å². The van der Waals surface area contributed by atoms with Gasteiger partial charge in [-0.25, -0.2) is 15.0 Å². The fraction of sp³-hybridized carbons (Fsp3) is 0.240. The Morgan fingerprint density at radius 1 is 1.03 bits per heavy atom. The maximum atomic E-state index is 12.9. The molecule has 2 aromatic heterocycles. The molecule has 0 aliphatic carbocycles. The van der Waals surface area contributed by atoms with Gasteiger partial charge in [0.2, 0.25) is 5.91 Å². The third-order valence-electron chi connectivity index (χ3n) is 5.98. The van der Waals surface area contributed by atoms with Gasteiger partial charge < -0.3 is 14.8 Å². The number of fused-ring (bicyclic) bond motifs is 1. The zero-order valence-corrected chi connectivity index (χ0v) is 18.5. The minimum absolute atomic E-state index is 0.0571. The molecule has 4 aromatic rings. The Bertz CT molecular complexity index is 1340. The van der Waals surface area contributed by atoms with Crippen LogP contribution in [0.25, 0.3) is 11.0 Å². The lowest BCUT2D eigenvalue weighted by atomic mass is 9.97. The maximum Gasteiger partial charge on any atom is 0.253 e. The molecule has 166 valence electrons. The van der Waals surface area contributed by atoms with Gasteiger partial charge in [0, 0.05) is 43.3 Å². The molecule has 0 bridgehead atoms. The second-order valence-electron chi connectivity index (χ2n) is 8.43. The van der Waals surface area contributed by atoms with Crippen molar-refractivity contribution in [3.05, 3.63) is 83.7 Å². The molecule has 1 aliphatic rings. The second-order valence-corrected chi connectivity index (χ2v) is 8.43. The Balaban J connectivity index is 1.20. The van der Waals surface area contributed by atoms with Gasteiger partial charge in [-0.3, -0.25) is 9.59 Å². The molecule has 0 radical (unpaired) electrons. The molecule has 33 heavy (non-hydrogen) atoms. The molecule has 1 saturated heterocycles. The van der Waals surface area contributed by atoms with Crippen molar-refractivity contribution in [2.24, 2.45) is 5.92 Å². The number of benzene rings is 2. The average Bonchev–Trinajstić information content (AvgIpc) is 3.27. The number of likely N-dealkylation sites (tertiary alicyclic amines) is 1. The SMILES string of the molecule is Cc1nc2ccc(NC(=O)C3CN(C(=O)c4cccc(Cn5ccnc5)c4)C3)cc2nc1C. The lowest BCUT2D eigenvalue weighted by Gasteiger charge is -2.38. The van der Waals surface area contributed by atoms with Crippen LogP contribution in [0.1, 0.15) is 27.3 Å². The first-order valence-electron chi connectivity index (χ1n) is 10.9. The van der Waals surface area contributed by atoms with Crippen molar-refractivity contribution in [2.45, 2.75) is 20.4 Å². The number of hydrogen-bond donors (Lipinski definition) is 1. The minimum Gasteiger partial charge on any atom is -0.337 e. The number of carbonyl (C=O) groups excluding carboxylic acids is 2. The van der Waals surface area contributed by atoms with Gasteiger partial charge in [-0.05, 0) is 49.7 Å². The highest BCUT2D eigenvalue weighted by atomic mass is 16.2. The van der Waals surface area contributed by atoms with E-state index in [1.165, 1.54) is 0 Å². The van der Waals surface area contributed by atoms with Crippen molar-refractivity contribution >= 4 is 28.5 Å². The van der Waals surface area contributed by atoms with Gasteiger partial charge in [-0.15, -0.1) is 0 Å². The highest BCUT2D eigenvalue weighted by Gasteiger charge is 2.36. The zero-order chi connectivity index (χ0) is 22.9. The van der Waals surface area contributed by atoms with Gasteiger partial charge in [-0.1, -0.05) is 12.1 Å². The van der Waals surface area contributed by atoms with E-state index in [1.54, 1.807) is 17.4 Å². The number of imidazole rings is 1. The van der Waals surface area contributed by atoms with Crippen LogP contribution in [0.2, 0.25) is 0 Å². The summed E-state index contributed by atoms with van der Waals surface area (Å²) in [7, 11) is 0. The van der Waals surface area contributed by atoms with Crippen molar-refractivity contribution in [1.29, 1.82) is 0 Å². The predicted molar refractivity (Wildman–Crippen MR) is 125 cm³/mol. The molecular formula is C25H24N6O2. The molecular weight excluding hydrogens is 416 g/mol. The Labute approximate surface area is 191 Å². The summed E-state index contributed by atoms with van der Waals surface area (Å²) in [4.78, 5) is 40.4. The number of nitrogens with one attached hydrogen (secondary N) is 1. The van der Waals surface area contributed by atoms with Gasteiger partial charge in [0.15, 0.2) is 0 Å². The standard InChI is InChI=1S/C25H24N6O2/c1-16-17(2)28-23-11-21(6-7-22(23)27-16)29-24(32)20-13-31(14-20)25(33)19-5-3-4-18(10-19)12-30-9-8-26-15-30/h3-11,15,20H,12-14H2,1-2H3,(H,29,32). The molecule has 1 fully saturated rings. The molecule has 1 aliphatic heterocycles. The summed E-state index contributed by atoms with van der Waals surface area (Å²) >= 11 is 0. The number of aryl methyl sites for hydroxylation is 2. The number of amides is 2. The molecule has 8 heteroatoms. The first-order valence-corrected chi connectivity index (χ1v) is 10.9. The number of aromatic nitrogens is 4. The molecule has 3 heterocycles. The van der Waals surface area contributed by atoms with Crippen LogP contribution in [-0.4, -0.2) is 49.3 Å². The van der Waals surface area contributed by atoms with Crippen molar-refractivity contribution in [2.75, 3.05) is 18.4 Å². The first-order chi connectivity index (χ1) is 16.0. The number of carbonyl (C=O) groups is 2. The molecule has 5 rings (SSSR count). The Morgan fingerprint density at radius 3 is 2.58 bits per heavy atom. The zero-order valence-electron chi connectivity index (χ0n) is 18.5. The van der Waals surface area contributed by atoms with Crippen LogP contribution >= 0.6 is 0 Å². The molecule has 1 N–H and O–H groups in total. The van der Waals surface area contributed by atoms with Crippen LogP contribution in [0.5, 0.6) is 0 Å². The minimum atomic E-state index is -0.232. The van der Waals surface area contributed by atoms with Crippen LogP contribution in [-0.2, 0) is 11.3 Å².